The summed E-state index contributed by atoms with van der Waals surface area (Å²) >= 11 is 0. The Kier molecular flexibility index (Phi) is 3.76. The number of ether oxygens (including phenoxy) is 1. The number of hydrogen-bond donors (Lipinski definition) is 1. The van der Waals surface area contributed by atoms with Crippen molar-refractivity contribution in [2.24, 2.45) is 5.92 Å². The summed E-state index contributed by atoms with van der Waals surface area (Å²) in [7, 11) is 0. The number of anilines is 1. The Bertz CT molecular complexity index is 450. The molecule has 1 aliphatic heterocycles. The van der Waals surface area contributed by atoms with Crippen LogP contribution in [-0.2, 0) is 4.74 Å². The lowest BCUT2D eigenvalue weighted by Gasteiger charge is -2.15. The lowest BCUT2D eigenvalue weighted by Crippen LogP contribution is -2.21. The van der Waals surface area contributed by atoms with Gasteiger partial charge in [0.1, 0.15) is 0 Å². The molecule has 0 spiro atoms. The number of hydrogen-bond acceptors (Lipinski definition) is 5. The molecule has 0 aromatic carbocycles. The molecule has 0 radical (unpaired) electrons. The van der Waals surface area contributed by atoms with Gasteiger partial charge in [0.25, 0.3) is 0 Å². The van der Waals surface area contributed by atoms with Crippen LogP contribution in [0.5, 0.6) is 0 Å². The van der Waals surface area contributed by atoms with Crippen molar-refractivity contribution in [1.29, 1.82) is 0 Å². The van der Waals surface area contributed by atoms with Crippen LogP contribution in [0.3, 0.4) is 0 Å². The Balaban J connectivity index is 2.08. The zero-order valence-electron chi connectivity index (χ0n) is 10.5. The van der Waals surface area contributed by atoms with Crippen LogP contribution in [-0.4, -0.2) is 29.2 Å². The van der Waals surface area contributed by atoms with Gasteiger partial charge in [-0.2, -0.15) is 0 Å². The minimum atomic E-state index is -0.413. The van der Waals surface area contributed by atoms with E-state index in [4.69, 9.17) is 4.74 Å². The predicted molar refractivity (Wildman–Crippen MR) is 67.6 cm³/mol. The summed E-state index contributed by atoms with van der Waals surface area (Å²) < 4.78 is 5.46. The lowest BCUT2D eigenvalue weighted by atomic mass is 10.0. The van der Waals surface area contributed by atoms with Crippen LogP contribution in [0.25, 0.3) is 0 Å². The highest BCUT2D eigenvalue weighted by molar-refractivity contribution is 5.56. The van der Waals surface area contributed by atoms with Crippen molar-refractivity contribution in [3.63, 3.8) is 0 Å². The number of nitrogens with one attached hydrogen (secondary N) is 1. The van der Waals surface area contributed by atoms with E-state index in [1.54, 1.807) is 6.07 Å². The molecule has 6 nitrogen and oxygen atoms in total. The van der Waals surface area contributed by atoms with E-state index in [1.165, 1.54) is 6.07 Å². The molecule has 0 amide bonds. The fourth-order valence-electron chi connectivity index (χ4n) is 2.10. The maximum atomic E-state index is 10.9. The van der Waals surface area contributed by atoms with Gasteiger partial charge in [-0.15, -0.1) is 0 Å². The Morgan fingerprint density at radius 1 is 1.61 bits per heavy atom. The van der Waals surface area contributed by atoms with Gasteiger partial charge in [0.2, 0.25) is 5.82 Å². The van der Waals surface area contributed by atoms with Crippen molar-refractivity contribution in [2.45, 2.75) is 26.4 Å². The zero-order valence-corrected chi connectivity index (χ0v) is 10.5. The Morgan fingerprint density at radius 3 is 3.00 bits per heavy atom. The Labute approximate surface area is 106 Å². The van der Waals surface area contributed by atoms with Gasteiger partial charge in [-0.05, 0) is 26.3 Å². The second-order valence-electron chi connectivity index (χ2n) is 4.58. The molecular weight excluding hydrogens is 234 g/mol. The average Bonchev–Trinajstić information content (AvgIpc) is 2.72. The topological polar surface area (TPSA) is 77.3 Å². The molecule has 98 valence electrons. The van der Waals surface area contributed by atoms with Gasteiger partial charge in [-0.1, -0.05) is 0 Å². The molecule has 0 saturated carbocycles. The standard InChI is InChI=1S/C12H17N3O3/c1-8-3-4-11(15(16)17)12(14-8)13-7-10-5-6-18-9(10)2/h3-4,9-10H,5-7H2,1-2H3,(H,13,14). The summed E-state index contributed by atoms with van der Waals surface area (Å²) in [5, 5.41) is 14.0. The largest absolute Gasteiger partial charge is 0.378 e. The van der Waals surface area contributed by atoms with Crippen molar-refractivity contribution in [1.82, 2.24) is 4.98 Å². The molecule has 0 aliphatic carbocycles. The van der Waals surface area contributed by atoms with E-state index in [9.17, 15) is 10.1 Å². The molecule has 2 unspecified atom stereocenters. The Hall–Kier alpha value is -1.69. The third-order valence-corrected chi connectivity index (χ3v) is 3.27. The summed E-state index contributed by atoms with van der Waals surface area (Å²) in [6.45, 7) is 5.25. The van der Waals surface area contributed by atoms with Crippen molar-refractivity contribution in [3.8, 4) is 0 Å². The first-order valence-electron chi connectivity index (χ1n) is 6.05. The number of rotatable bonds is 4. The summed E-state index contributed by atoms with van der Waals surface area (Å²) in [4.78, 5) is 14.7. The number of aryl methyl sites for hydroxylation is 1. The number of nitro groups is 1. The first-order valence-corrected chi connectivity index (χ1v) is 6.05. The van der Waals surface area contributed by atoms with Gasteiger partial charge in [-0.3, -0.25) is 10.1 Å². The van der Waals surface area contributed by atoms with Gasteiger partial charge >= 0.3 is 5.69 Å². The van der Waals surface area contributed by atoms with E-state index in [1.807, 2.05) is 13.8 Å². The number of aromatic nitrogens is 1. The van der Waals surface area contributed by atoms with E-state index in [2.05, 4.69) is 10.3 Å². The van der Waals surface area contributed by atoms with E-state index in [0.717, 1.165) is 18.7 Å². The normalized spacial score (nSPS) is 23.0. The number of nitrogens with zero attached hydrogens (tertiary/aromatic N) is 2. The average molecular weight is 251 g/mol. The first-order chi connectivity index (χ1) is 8.58. The maximum absolute atomic E-state index is 10.9. The molecule has 0 bridgehead atoms. The minimum absolute atomic E-state index is 0.0205. The second kappa shape index (κ2) is 5.30. The molecular formula is C12H17N3O3. The lowest BCUT2D eigenvalue weighted by molar-refractivity contribution is -0.384. The molecule has 6 heteroatoms. The number of pyridine rings is 1. The monoisotopic (exact) mass is 251 g/mol. The van der Waals surface area contributed by atoms with Crippen LogP contribution in [0, 0.1) is 23.0 Å². The third kappa shape index (κ3) is 2.76. The van der Waals surface area contributed by atoms with Crippen LogP contribution >= 0.6 is 0 Å². The molecule has 1 aliphatic rings. The highest BCUT2D eigenvalue weighted by Gasteiger charge is 2.25. The highest BCUT2D eigenvalue weighted by Crippen LogP contribution is 2.25. The van der Waals surface area contributed by atoms with E-state index < -0.39 is 4.92 Å². The fraction of sp³-hybridized carbons (Fsp3) is 0.583. The molecule has 1 saturated heterocycles. The summed E-state index contributed by atoms with van der Waals surface area (Å²) in [5.41, 5.74) is 0.783. The van der Waals surface area contributed by atoms with Gasteiger partial charge < -0.3 is 10.1 Å². The Morgan fingerprint density at radius 2 is 2.39 bits per heavy atom. The van der Waals surface area contributed by atoms with Crippen molar-refractivity contribution < 1.29 is 9.66 Å². The van der Waals surface area contributed by atoms with E-state index in [-0.39, 0.29) is 11.8 Å². The molecule has 1 aromatic rings. The van der Waals surface area contributed by atoms with E-state index >= 15 is 0 Å². The van der Waals surface area contributed by atoms with E-state index in [0.29, 0.717) is 18.3 Å². The summed E-state index contributed by atoms with van der Waals surface area (Å²) in [6.07, 6.45) is 1.18. The smallest absolute Gasteiger partial charge is 0.311 e. The SMILES string of the molecule is Cc1ccc([N+](=O)[O-])c(NCC2CCOC2C)n1. The van der Waals surface area contributed by atoms with Crippen molar-refractivity contribution in [3.05, 3.63) is 27.9 Å². The maximum Gasteiger partial charge on any atom is 0.311 e. The highest BCUT2D eigenvalue weighted by atomic mass is 16.6. The van der Waals surface area contributed by atoms with Crippen molar-refractivity contribution >= 4 is 11.5 Å². The quantitative estimate of drug-likeness (QED) is 0.655. The van der Waals surface area contributed by atoms with Crippen LogP contribution in [0.1, 0.15) is 19.0 Å². The van der Waals surface area contributed by atoms with Crippen LogP contribution in [0.15, 0.2) is 12.1 Å². The van der Waals surface area contributed by atoms with Gasteiger partial charge in [0, 0.05) is 30.8 Å². The van der Waals surface area contributed by atoms with Gasteiger partial charge in [-0.25, -0.2) is 4.98 Å². The summed E-state index contributed by atoms with van der Waals surface area (Å²) in [5.74, 6) is 0.728. The van der Waals surface area contributed by atoms with Crippen LogP contribution < -0.4 is 5.32 Å². The van der Waals surface area contributed by atoms with Crippen molar-refractivity contribution in [2.75, 3.05) is 18.5 Å². The minimum Gasteiger partial charge on any atom is -0.378 e. The molecule has 1 fully saturated rings. The molecule has 2 rings (SSSR count). The molecule has 18 heavy (non-hydrogen) atoms. The van der Waals surface area contributed by atoms with Gasteiger partial charge in [0.15, 0.2) is 0 Å². The second-order valence-corrected chi connectivity index (χ2v) is 4.58. The molecule has 2 atom stereocenters. The summed E-state index contributed by atoms with van der Waals surface area (Å²) in [6, 6.07) is 3.13. The molecule has 1 aromatic heterocycles. The third-order valence-electron chi connectivity index (χ3n) is 3.27. The fourth-order valence-corrected chi connectivity index (χ4v) is 2.10. The van der Waals surface area contributed by atoms with Gasteiger partial charge in [0.05, 0.1) is 11.0 Å². The predicted octanol–water partition coefficient (Wildman–Crippen LogP) is 2.14. The molecule has 2 heterocycles. The first kappa shape index (κ1) is 12.8. The van der Waals surface area contributed by atoms with Crippen LogP contribution in [0.4, 0.5) is 11.5 Å². The van der Waals surface area contributed by atoms with Crippen LogP contribution in [0.2, 0.25) is 0 Å². The zero-order chi connectivity index (χ0) is 13.1. The molecule has 1 N–H and O–H groups in total.